The molecule has 1 unspecified atom stereocenters. The molecule has 6 heteroatoms. The van der Waals surface area contributed by atoms with Crippen molar-refractivity contribution in [3.05, 3.63) is 28.3 Å². The summed E-state index contributed by atoms with van der Waals surface area (Å²) in [5, 5.41) is 17.6. The summed E-state index contributed by atoms with van der Waals surface area (Å²) in [5.41, 5.74) is 0.616. The van der Waals surface area contributed by atoms with E-state index in [2.05, 4.69) is 10.6 Å². The van der Waals surface area contributed by atoms with E-state index in [1.165, 1.54) is 26.0 Å². The van der Waals surface area contributed by atoms with Crippen molar-refractivity contribution >= 4 is 11.4 Å². The molecule has 110 valence electrons. The van der Waals surface area contributed by atoms with Crippen LogP contribution >= 0.6 is 0 Å². The molecule has 1 atom stereocenters. The van der Waals surface area contributed by atoms with Gasteiger partial charge in [-0.25, -0.2) is 0 Å². The summed E-state index contributed by atoms with van der Waals surface area (Å²) in [7, 11) is 1.50. The molecule has 1 aromatic rings. The molecule has 1 heterocycles. The number of rotatable bonds is 6. The number of benzene rings is 1. The van der Waals surface area contributed by atoms with Crippen LogP contribution in [0.15, 0.2) is 18.2 Å². The van der Waals surface area contributed by atoms with Crippen molar-refractivity contribution < 1.29 is 9.66 Å². The molecule has 6 nitrogen and oxygen atoms in total. The first-order valence-electron chi connectivity index (χ1n) is 6.97. The third-order valence-corrected chi connectivity index (χ3v) is 3.67. The first-order valence-corrected chi connectivity index (χ1v) is 6.97. The predicted molar refractivity (Wildman–Crippen MR) is 78.3 cm³/mol. The smallest absolute Gasteiger partial charge is 0.296 e. The zero-order chi connectivity index (χ0) is 14.4. The maximum absolute atomic E-state index is 11.1. The van der Waals surface area contributed by atoms with E-state index in [4.69, 9.17) is 4.74 Å². The van der Waals surface area contributed by atoms with E-state index in [1.807, 2.05) is 0 Å². The van der Waals surface area contributed by atoms with E-state index in [9.17, 15) is 10.1 Å². The Bertz CT molecular complexity index is 459. The van der Waals surface area contributed by atoms with Crippen LogP contribution in [0.5, 0.6) is 5.75 Å². The molecular weight excluding hydrogens is 258 g/mol. The van der Waals surface area contributed by atoms with Gasteiger partial charge in [-0.3, -0.25) is 10.1 Å². The normalized spacial score (nSPS) is 18.6. The van der Waals surface area contributed by atoms with Crippen LogP contribution in [0.3, 0.4) is 0 Å². The molecule has 0 saturated carbocycles. The number of ether oxygens (including phenoxy) is 1. The Labute approximate surface area is 118 Å². The number of methoxy groups -OCH3 is 1. The third-order valence-electron chi connectivity index (χ3n) is 3.67. The molecule has 0 radical (unpaired) electrons. The Hall–Kier alpha value is -1.82. The van der Waals surface area contributed by atoms with Crippen molar-refractivity contribution in [3.63, 3.8) is 0 Å². The van der Waals surface area contributed by atoms with Gasteiger partial charge in [0.2, 0.25) is 0 Å². The summed E-state index contributed by atoms with van der Waals surface area (Å²) in [6.45, 7) is 2.90. The zero-order valence-corrected chi connectivity index (χ0v) is 11.7. The Morgan fingerprint density at radius 3 is 3.05 bits per heavy atom. The summed E-state index contributed by atoms with van der Waals surface area (Å²) in [5.74, 6) is 1.16. The van der Waals surface area contributed by atoms with Gasteiger partial charge in [0.05, 0.1) is 18.1 Å². The molecule has 1 fully saturated rings. The number of hydrogen-bond acceptors (Lipinski definition) is 5. The lowest BCUT2D eigenvalue weighted by Crippen LogP contribution is -2.30. The fourth-order valence-corrected chi connectivity index (χ4v) is 2.52. The summed E-state index contributed by atoms with van der Waals surface area (Å²) >= 11 is 0. The van der Waals surface area contributed by atoms with Crippen molar-refractivity contribution in [2.24, 2.45) is 5.92 Å². The second-order valence-corrected chi connectivity index (χ2v) is 5.07. The van der Waals surface area contributed by atoms with Crippen LogP contribution < -0.4 is 15.4 Å². The Balaban J connectivity index is 1.92. The van der Waals surface area contributed by atoms with E-state index < -0.39 is 0 Å². The van der Waals surface area contributed by atoms with Gasteiger partial charge >= 0.3 is 0 Å². The van der Waals surface area contributed by atoms with Crippen molar-refractivity contribution in [3.8, 4) is 5.75 Å². The lowest BCUT2D eigenvalue weighted by Gasteiger charge is -2.22. The van der Waals surface area contributed by atoms with E-state index >= 15 is 0 Å². The van der Waals surface area contributed by atoms with Crippen molar-refractivity contribution in [1.82, 2.24) is 5.32 Å². The molecule has 0 amide bonds. The van der Waals surface area contributed by atoms with Gasteiger partial charge in [-0.2, -0.15) is 0 Å². The molecule has 0 bridgehead atoms. The first kappa shape index (κ1) is 14.6. The van der Waals surface area contributed by atoms with Gasteiger partial charge in [0.1, 0.15) is 11.4 Å². The number of anilines is 1. The maximum atomic E-state index is 11.1. The number of hydrogen-bond donors (Lipinski definition) is 2. The second kappa shape index (κ2) is 7.09. The quantitative estimate of drug-likeness (QED) is 0.617. The molecular formula is C14H21N3O3. The van der Waals surface area contributed by atoms with E-state index in [1.54, 1.807) is 12.1 Å². The average molecular weight is 279 g/mol. The summed E-state index contributed by atoms with van der Waals surface area (Å²) in [6.07, 6.45) is 3.48. The molecule has 0 aromatic heterocycles. The average Bonchev–Trinajstić information content (AvgIpc) is 2.48. The maximum Gasteiger partial charge on any atom is 0.296 e. The number of nitrogens with zero attached hydrogens (tertiary/aromatic N) is 1. The minimum absolute atomic E-state index is 0.0612. The van der Waals surface area contributed by atoms with Crippen LogP contribution in [-0.4, -0.2) is 31.7 Å². The number of nitro groups is 1. The SMILES string of the molecule is COc1ccc(NCCC2CCCNC2)c([N+](=O)[O-])c1. The van der Waals surface area contributed by atoms with E-state index in [0.29, 0.717) is 17.4 Å². The predicted octanol–water partition coefficient (Wildman–Crippen LogP) is 2.41. The molecule has 2 N–H and O–H groups in total. The van der Waals surface area contributed by atoms with Crippen molar-refractivity contribution in [2.75, 3.05) is 32.1 Å². The minimum atomic E-state index is -0.382. The lowest BCUT2D eigenvalue weighted by molar-refractivity contribution is -0.384. The van der Waals surface area contributed by atoms with Gasteiger partial charge in [-0.15, -0.1) is 0 Å². The lowest BCUT2D eigenvalue weighted by atomic mass is 9.96. The monoisotopic (exact) mass is 279 g/mol. The van der Waals surface area contributed by atoms with Crippen LogP contribution in [0.2, 0.25) is 0 Å². The van der Waals surface area contributed by atoms with Gasteiger partial charge in [-0.1, -0.05) is 0 Å². The topological polar surface area (TPSA) is 76.4 Å². The molecule has 2 rings (SSSR count). The highest BCUT2D eigenvalue weighted by molar-refractivity contribution is 5.63. The number of piperidine rings is 1. The molecule has 1 aliphatic rings. The number of nitro benzene ring substituents is 1. The zero-order valence-electron chi connectivity index (χ0n) is 11.7. The second-order valence-electron chi connectivity index (χ2n) is 5.07. The minimum Gasteiger partial charge on any atom is -0.496 e. The molecule has 0 aliphatic carbocycles. The molecule has 20 heavy (non-hydrogen) atoms. The first-order chi connectivity index (χ1) is 9.70. The molecule has 0 spiro atoms. The summed E-state index contributed by atoms with van der Waals surface area (Å²) < 4.78 is 5.02. The Morgan fingerprint density at radius 1 is 1.55 bits per heavy atom. The van der Waals surface area contributed by atoms with Crippen LogP contribution in [0.1, 0.15) is 19.3 Å². The fourth-order valence-electron chi connectivity index (χ4n) is 2.52. The van der Waals surface area contributed by atoms with Gasteiger partial charge in [0.25, 0.3) is 5.69 Å². The third kappa shape index (κ3) is 3.84. The largest absolute Gasteiger partial charge is 0.496 e. The van der Waals surface area contributed by atoms with E-state index in [0.717, 1.165) is 26.1 Å². The molecule has 1 aromatic carbocycles. The van der Waals surface area contributed by atoms with Crippen LogP contribution in [0.25, 0.3) is 0 Å². The Morgan fingerprint density at radius 2 is 2.40 bits per heavy atom. The highest BCUT2D eigenvalue weighted by atomic mass is 16.6. The summed E-state index contributed by atoms with van der Waals surface area (Å²) in [4.78, 5) is 10.7. The van der Waals surface area contributed by atoms with E-state index in [-0.39, 0.29) is 10.6 Å². The van der Waals surface area contributed by atoms with Crippen LogP contribution in [0.4, 0.5) is 11.4 Å². The Kier molecular flexibility index (Phi) is 5.17. The number of nitrogens with one attached hydrogen (secondary N) is 2. The highest BCUT2D eigenvalue weighted by Crippen LogP contribution is 2.29. The van der Waals surface area contributed by atoms with Crippen LogP contribution in [-0.2, 0) is 0 Å². The molecule has 1 saturated heterocycles. The molecule has 1 aliphatic heterocycles. The standard InChI is InChI=1S/C14H21N3O3/c1-20-12-4-5-13(14(9-12)17(18)19)16-8-6-11-3-2-7-15-10-11/h4-5,9,11,15-16H,2-3,6-8,10H2,1H3. The van der Waals surface area contributed by atoms with Gasteiger partial charge in [-0.05, 0) is 50.4 Å². The van der Waals surface area contributed by atoms with Crippen molar-refractivity contribution in [2.45, 2.75) is 19.3 Å². The van der Waals surface area contributed by atoms with Gasteiger partial charge < -0.3 is 15.4 Å². The highest BCUT2D eigenvalue weighted by Gasteiger charge is 2.16. The van der Waals surface area contributed by atoms with Gasteiger partial charge in [0, 0.05) is 6.54 Å². The van der Waals surface area contributed by atoms with Crippen molar-refractivity contribution in [1.29, 1.82) is 0 Å². The van der Waals surface area contributed by atoms with Crippen LogP contribution in [0, 0.1) is 16.0 Å². The summed E-state index contributed by atoms with van der Waals surface area (Å²) in [6, 6.07) is 4.89. The fraction of sp³-hybridized carbons (Fsp3) is 0.571. The van der Waals surface area contributed by atoms with Gasteiger partial charge in [0.15, 0.2) is 0 Å².